The van der Waals surface area contributed by atoms with Gasteiger partial charge >= 0.3 is 18.1 Å². The van der Waals surface area contributed by atoms with Crippen molar-refractivity contribution in [3.05, 3.63) is 52.1 Å². The molecule has 2 rings (SSSR count). The second kappa shape index (κ2) is 6.03. The molecule has 1 aromatic rings. The highest BCUT2D eigenvalue weighted by Crippen LogP contribution is 2.38. The summed E-state index contributed by atoms with van der Waals surface area (Å²) in [5.41, 5.74) is -2.33. The lowest BCUT2D eigenvalue weighted by atomic mass is 9.87. The van der Waals surface area contributed by atoms with Crippen molar-refractivity contribution in [2.45, 2.75) is 26.1 Å². The van der Waals surface area contributed by atoms with Crippen molar-refractivity contribution in [1.82, 2.24) is 5.32 Å². The maximum Gasteiger partial charge on any atom is 0.417 e. The van der Waals surface area contributed by atoms with Crippen molar-refractivity contribution in [3.63, 3.8) is 0 Å². The predicted molar refractivity (Wildman–Crippen MR) is 78.9 cm³/mol. The molecular weight excluding hydrogens is 327 g/mol. The van der Waals surface area contributed by atoms with Gasteiger partial charge in [0, 0.05) is 5.56 Å². The number of benzene rings is 1. The van der Waals surface area contributed by atoms with E-state index in [4.69, 9.17) is 0 Å². The number of carboxylic acids is 2. The molecule has 1 aromatic carbocycles. The molecule has 1 unspecified atom stereocenters. The monoisotopic (exact) mass is 341 g/mol. The third-order valence-electron chi connectivity index (χ3n) is 3.77. The summed E-state index contributed by atoms with van der Waals surface area (Å²) in [6.07, 6.45) is -4.68. The molecule has 0 saturated heterocycles. The highest BCUT2D eigenvalue weighted by Gasteiger charge is 2.38. The summed E-state index contributed by atoms with van der Waals surface area (Å²) >= 11 is 0. The van der Waals surface area contributed by atoms with Crippen LogP contribution in [0.4, 0.5) is 13.2 Å². The average Bonchev–Trinajstić information content (AvgIpc) is 2.44. The van der Waals surface area contributed by atoms with Crippen LogP contribution >= 0.6 is 0 Å². The number of hydrogen-bond donors (Lipinski definition) is 3. The molecule has 0 saturated carbocycles. The smallest absolute Gasteiger partial charge is 0.417 e. The Morgan fingerprint density at radius 2 is 1.71 bits per heavy atom. The van der Waals surface area contributed by atoms with E-state index in [1.54, 1.807) is 0 Å². The molecule has 0 amide bonds. The van der Waals surface area contributed by atoms with Gasteiger partial charge in [0.2, 0.25) is 0 Å². The Balaban J connectivity index is 2.82. The van der Waals surface area contributed by atoms with Crippen molar-refractivity contribution < 1.29 is 33.0 Å². The van der Waals surface area contributed by atoms with Gasteiger partial charge in [0.25, 0.3) is 0 Å². The van der Waals surface area contributed by atoms with Crippen LogP contribution in [0.3, 0.4) is 0 Å². The normalized spacial score (nSPS) is 18.5. The zero-order valence-corrected chi connectivity index (χ0v) is 12.7. The first-order chi connectivity index (χ1) is 11.1. The van der Waals surface area contributed by atoms with Crippen molar-refractivity contribution in [3.8, 4) is 0 Å². The highest BCUT2D eigenvalue weighted by atomic mass is 19.4. The van der Waals surface area contributed by atoms with E-state index in [-0.39, 0.29) is 22.4 Å². The van der Waals surface area contributed by atoms with Gasteiger partial charge < -0.3 is 15.5 Å². The van der Waals surface area contributed by atoms with Crippen molar-refractivity contribution in [1.29, 1.82) is 0 Å². The van der Waals surface area contributed by atoms with E-state index in [1.807, 2.05) is 0 Å². The molecule has 1 heterocycles. The molecule has 5 nitrogen and oxygen atoms in total. The molecule has 0 aromatic heterocycles. The molecule has 0 aliphatic carbocycles. The predicted octanol–water partition coefficient (Wildman–Crippen LogP) is 2.89. The molecule has 0 spiro atoms. The van der Waals surface area contributed by atoms with Gasteiger partial charge in [-0.2, -0.15) is 13.2 Å². The maximum atomic E-state index is 13.2. The van der Waals surface area contributed by atoms with E-state index in [9.17, 15) is 33.0 Å². The van der Waals surface area contributed by atoms with E-state index in [0.29, 0.717) is 0 Å². The highest BCUT2D eigenvalue weighted by molar-refractivity contribution is 6.05. The van der Waals surface area contributed by atoms with E-state index >= 15 is 0 Å². The third kappa shape index (κ3) is 2.99. The first-order valence-corrected chi connectivity index (χ1v) is 6.90. The fraction of sp³-hybridized carbons (Fsp3) is 0.250. The molecule has 0 fully saturated rings. The van der Waals surface area contributed by atoms with E-state index in [2.05, 4.69) is 5.32 Å². The van der Waals surface area contributed by atoms with Crippen LogP contribution in [0.15, 0.2) is 41.0 Å². The maximum absolute atomic E-state index is 13.2. The molecule has 1 atom stereocenters. The number of carboxylic acid groups (broad SMARTS) is 2. The number of carbonyl (C=O) groups is 2. The molecule has 1 aliphatic heterocycles. The molecule has 3 N–H and O–H groups in total. The van der Waals surface area contributed by atoms with Crippen molar-refractivity contribution in [2.75, 3.05) is 0 Å². The Labute approximate surface area is 135 Å². The van der Waals surface area contributed by atoms with E-state index in [0.717, 1.165) is 12.1 Å². The molecule has 0 radical (unpaired) electrons. The van der Waals surface area contributed by atoms with Gasteiger partial charge in [-0.15, -0.1) is 0 Å². The standard InChI is InChI=1S/C16H14F3NO4/c1-7-11(14(21)22)8(2)20-13(12(7)15(23)24)9-5-3-4-6-10(9)16(17,18)19/h3-6,8,20H,1-2H3,(H,21,22)(H,23,24). The minimum Gasteiger partial charge on any atom is -0.478 e. The van der Waals surface area contributed by atoms with E-state index in [1.165, 1.54) is 26.0 Å². The van der Waals surface area contributed by atoms with Crippen LogP contribution in [0.25, 0.3) is 5.70 Å². The average molecular weight is 341 g/mol. The first-order valence-electron chi connectivity index (χ1n) is 6.90. The number of dihydropyridines is 1. The van der Waals surface area contributed by atoms with Crippen molar-refractivity contribution in [2.24, 2.45) is 0 Å². The van der Waals surface area contributed by atoms with Gasteiger partial charge in [0.1, 0.15) is 0 Å². The minimum atomic E-state index is -4.68. The summed E-state index contributed by atoms with van der Waals surface area (Å²) in [4.78, 5) is 22.9. The Hall–Kier alpha value is -2.77. The molecule has 8 heteroatoms. The molecule has 24 heavy (non-hydrogen) atoms. The fourth-order valence-corrected chi connectivity index (χ4v) is 2.78. The van der Waals surface area contributed by atoms with E-state index < -0.39 is 35.3 Å². The second-order valence-electron chi connectivity index (χ2n) is 5.31. The number of alkyl halides is 3. The number of aliphatic carboxylic acids is 2. The van der Waals surface area contributed by atoms with Crippen LogP contribution in [-0.2, 0) is 15.8 Å². The molecule has 128 valence electrons. The van der Waals surface area contributed by atoms with Crippen LogP contribution in [-0.4, -0.2) is 28.2 Å². The van der Waals surface area contributed by atoms with Gasteiger partial charge in [-0.25, -0.2) is 9.59 Å². The molecule has 1 aliphatic rings. The molecule has 0 bridgehead atoms. The van der Waals surface area contributed by atoms with Crippen LogP contribution in [0, 0.1) is 0 Å². The van der Waals surface area contributed by atoms with Gasteiger partial charge in [0.05, 0.1) is 28.4 Å². The van der Waals surface area contributed by atoms with Crippen LogP contribution in [0.5, 0.6) is 0 Å². The van der Waals surface area contributed by atoms with Crippen LogP contribution in [0.2, 0.25) is 0 Å². The fourth-order valence-electron chi connectivity index (χ4n) is 2.78. The summed E-state index contributed by atoms with van der Waals surface area (Å²) < 4.78 is 39.7. The summed E-state index contributed by atoms with van der Waals surface area (Å²) in [5, 5.41) is 21.2. The lowest BCUT2D eigenvalue weighted by Crippen LogP contribution is -2.37. The summed E-state index contributed by atoms with van der Waals surface area (Å²) in [5.74, 6) is -2.83. The quantitative estimate of drug-likeness (QED) is 0.787. The second-order valence-corrected chi connectivity index (χ2v) is 5.31. The number of nitrogens with one attached hydrogen (secondary N) is 1. The Morgan fingerprint density at radius 3 is 2.21 bits per heavy atom. The SMILES string of the molecule is CC1=C(C(=O)O)C(C)NC(c2ccccc2C(F)(F)F)=C1C(=O)O. The minimum absolute atomic E-state index is 0.0757. The van der Waals surface area contributed by atoms with Crippen molar-refractivity contribution >= 4 is 17.6 Å². The Kier molecular flexibility index (Phi) is 4.42. The molecular formula is C16H14F3NO4. The summed E-state index contributed by atoms with van der Waals surface area (Å²) in [7, 11) is 0. The van der Waals surface area contributed by atoms with Gasteiger partial charge in [-0.3, -0.25) is 0 Å². The summed E-state index contributed by atoms with van der Waals surface area (Å²) in [6.45, 7) is 2.72. The lowest BCUT2D eigenvalue weighted by molar-refractivity contribution is -0.138. The zero-order valence-electron chi connectivity index (χ0n) is 12.7. The number of rotatable bonds is 3. The largest absolute Gasteiger partial charge is 0.478 e. The van der Waals surface area contributed by atoms with Crippen LogP contribution < -0.4 is 5.32 Å². The Morgan fingerprint density at radius 1 is 1.12 bits per heavy atom. The third-order valence-corrected chi connectivity index (χ3v) is 3.77. The lowest BCUT2D eigenvalue weighted by Gasteiger charge is -2.29. The number of hydrogen-bond acceptors (Lipinski definition) is 3. The van der Waals surface area contributed by atoms with Gasteiger partial charge in [-0.1, -0.05) is 18.2 Å². The zero-order chi connectivity index (χ0) is 18.2. The topological polar surface area (TPSA) is 86.6 Å². The Bertz CT molecular complexity index is 778. The summed E-state index contributed by atoms with van der Waals surface area (Å²) in [6, 6.07) is 3.71. The number of halogens is 3. The van der Waals surface area contributed by atoms with Gasteiger partial charge in [-0.05, 0) is 25.5 Å². The van der Waals surface area contributed by atoms with Gasteiger partial charge in [0.15, 0.2) is 0 Å². The van der Waals surface area contributed by atoms with Crippen LogP contribution in [0.1, 0.15) is 25.0 Å². The first kappa shape index (κ1) is 17.6.